The predicted molar refractivity (Wildman–Crippen MR) is 62.2 cm³/mol. The highest BCUT2D eigenvalue weighted by Crippen LogP contribution is 2.19. The standard InChI is InChI=1S/C11H9NO2S/c1-14-11(13)7-6-9-4-2-3-5-10(9)12-8-15/h2-7H,1H3. The average molecular weight is 219 g/mol. The van der Waals surface area contributed by atoms with Crippen LogP contribution in [0.3, 0.4) is 0 Å². The molecule has 0 saturated carbocycles. The summed E-state index contributed by atoms with van der Waals surface area (Å²) >= 11 is 4.52. The first-order valence-electron chi connectivity index (χ1n) is 4.21. The highest BCUT2D eigenvalue weighted by molar-refractivity contribution is 7.78. The van der Waals surface area contributed by atoms with E-state index in [0.29, 0.717) is 5.69 Å². The lowest BCUT2D eigenvalue weighted by Gasteiger charge is -1.97. The van der Waals surface area contributed by atoms with Crippen molar-refractivity contribution in [1.29, 1.82) is 0 Å². The molecule has 0 aliphatic heterocycles. The summed E-state index contributed by atoms with van der Waals surface area (Å²) in [5.41, 5.74) is 1.47. The summed E-state index contributed by atoms with van der Waals surface area (Å²) in [5.74, 6) is -0.406. The van der Waals surface area contributed by atoms with Gasteiger partial charge in [-0.25, -0.2) is 4.79 Å². The maximum atomic E-state index is 10.9. The molecule has 0 bridgehead atoms. The van der Waals surface area contributed by atoms with Crippen molar-refractivity contribution in [1.82, 2.24) is 0 Å². The van der Waals surface area contributed by atoms with Gasteiger partial charge in [0.25, 0.3) is 0 Å². The maximum absolute atomic E-state index is 10.9. The van der Waals surface area contributed by atoms with Gasteiger partial charge in [0.1, 0.15) is 0 Å². The molecule has 76 valence electrons. The van der Waals surface area contributed by atoms with Gasteiger partial charge in [0.05, 0.1) is 18.0 Å². The van der Waals surface area contributed by atoms with Crippen LogP contribution in [0.4, 0.5) is 5.69 Å². The third-order valence-corrected chi connectivity index (χ3v) is 1.79. The summed E-state index contributed by atoms with van der Waals surface area (Å²) in [7, 11) is 1.33. The molecule has 0 N–H and O–H groups in total. The molecule has 1 aromatic carbocycles. The molecule has 3 nitrogen and oxygen atoms in total. The first kappa shape index (κ1) is 11.3. The van der Waals surface area contributed by atoms with Crippen molar-refractivity contribution in [2.24, 2.45) is 4.99 Å². The number of nitrogens with zero attached hydrogens (tertiary/aromatic N) is 1. The minimum absolute atomic E-state index is 0.406. The number of carbonyl (C=O) groups excluding carboxylic acids is 1. The Morgan fingerprint density at radius 1 is 1.53 bits per heavy atom. The number of methoxy groups -OCH3 is 1. The smallest absolute Gasteiger partial charge is 0.330 e. The zero-order valence-electron chi connectivity index (χ0n) is 8.14. The number of isothiocyanates is 1. The van der Waals surface area contributed by atoms with Gasteiger partial charge in [-0.3, -0.25) is 0 Å². The molecule has 0 heterocycles. The fourth-order valence-electron chi connectivity index (χ4n) is 1.01. The fourth-order valence-corrected chi connectivity index (χ4v) is 1.10. The van der Waals surface area contributed by atoms with Crippen molar-refractivity contribution >= 4 is 35.1 Å². The molecule has 0 spiro atoms. The number of ether oxygens (including phenoxy) is 1. The van der Waals surface area contributed by atoms with E-state index >= 15 is 0 Å². The third kappa shape index (κ3) is 3.46. The van der Waals surface area contributed by atoms with Crippen LogP contribution >= 0.6 is 12.2 Å². The van der Waals surface area contributed by atoms with Crippen LogP contribution in [0.1, 0.15) is 5.56 Å². The summed E-state index contributed by atoms with van der Waals surface area (Å²) in [6.45, 7) is 0. The molecular weight excluding hydrogens is 210 g/mol. The van der Waals surface area contributed by atoms with Crippen molar-refractivity contribution in [2.75, 3.05) is 7.11 Å². The minimum Gasteiger partial charge on any atom is -0.466 e. The lowest BCUT2D eigenvalue weighted by molar-refractivity contribution is -0.134. The summed E-state index contributed by atoms with van der Waals surface area (Å²) in [6.07, 6.45) is 2.95. The second-order valence-corrected chi connectivity index (χ2v) is 2.80. The van der Waals surface area contributed by atoms with E-state index in [9.17, 15) is 4.79 Å². The van der Waals surface area contributed by atoms with Crippen molar-refractivity contribution in [2.45, 2.75) is 0 Å². The number of carbonyl (C=O) groups is 1. The Morgan fingerprint density at radius 2 is 2.27 bits per heavy atom. The molecule has 0 saturated heterocycles. The van der Waals surface area contributed by atoms with E-state index in [1.165, 1.54) is 13.2 Å². The number of rotatable bonds is 3. The monoisotopic (exact) mass is 219 g/mol. The second kappa shape index (κ2) is 5.86. The summed E-state index contributed by atoms with van der Waals surface area (Å²) in [6, 6.07) is 7.29. The topological polar surface area (TPSA) is 38.7 Å². The van der Waals surface area contributed by atoms with Crippen molar-refractivity contribution < 1.29 is 9.53 Å². The molecule has 0 unspecified atom stereocenters. The van der Waals surface area contributed by atoms with Crippen LogP contribution in [0.15, 0.2) is 35.3 Å². The molecule has 4 heteroatoms. The molecule has 0 aromatic heterocycles. The first-order valence-corrected chi connectivity index (χ1v) is 4.61. The number of thiocarbonyl (C=S) groups is 1. The van der Waals surface area contributed by atoms with Crippen molar-refractivity contribution in [3.05, 3.63) is 35.9 Å². The molecule has 0 amide bonds. The van der Waals surface area contributed by atoms with E-state index in [4.69, 9.17) is 0 Å². The lowest BCUT2D eigenvalue weighted by atomic mass is 10.1. The van der Waals surface area contributed by atoms with E-state index in [0.717, 1.165) is 5.56 Å². The molecule has 0 aliphatic carbocycles. The molecule has 1 rings (SSSR count). The predicted octanol–water partition coefficient (Wildman–Crippen LogP) is 2.61. The van der Waals surface area contributed by atoms with E-state index in [1.807, 2.05) is 18.2 Å². The minimum atomic E-state index is -0.406. The van der Waals surface area contributed by atoms with Gasteiger partial charge in [0, 0.05) is 11.6 Å². The van der Waals surface area contributed by atoms with Crippen molar-refractivity contribution in [3.8, 4) is 0 Å². The number of benzene rings is 1. The zero-order valence-corrected chi connectivity index (χ0v) is 8.95. The highest BCUT2D eigenvalue weighted by atomic mass is 32.1. The molecule has 0 aliphatic rings. The van der Waals surface area contributed by atoms with E-state index in [2.05, 4.69) is 27.1 Å². The number of esters is 1. The van der Waals surface area contributed by atoms with Crippen LogP contribution in [0.25, 0.3) is 6.08 Å². The van der Waals surface area contributed by atoms with E-state index < -0.39 is 5.97 Å². The summed E-state index contributed by atoms with van der Waals surface area (Å²) in [5, 5.41) is 2.28. The van der Waals surface area contributed by atoms with Crippen LogP contribution in [-0.2, 0) is 9.53 Å². The normalized spacial score (nSPS) is 9.67. The van der Waals surface area contributed by atoms with Crippen LogP contribution < -0.4 is 0 Å². The number of para-hydroxylation sites is 1. The van der Waals surface area contributed by atoms with Gasteiger partial charge >= 0.3 is 5.97 Å². The molecule has 1 aromatic rings. The first-order chi connectivity index (χ1) is 7.27. The van der Waals surface area contributed by atoms with Gasteiger partial charge < -0.3 is 4.74 Å². The Kier molecular flexibility index (Phi) is 4.41. The number of hydrogen-bond acceptors (Lipinski definition) is 4. The van der Waals surface area contributed by atoms with Crippen LogP contribution in [0.2, 0.25) is 0 Å². The average Bonchev–Trinajstić information content (AvgIpc) is 2.28. The largest absolute Gasteiger partial charge is 0.466 e. The Hall–Kier alpha value is -1.77. The van der Waals surface area contributed by atoms with Gasteiger partial charge in [0.15, 0.2) is 0 Å². The maximum Gasteiger partial charge on any atom is 0.330 e. The molecule has 0 fully saturated rings. The molecule has 0 radical (unpaired) electrons. The molecule has 15 heavy (non-hydrogen) atoms. The summed E-state index contributed by atoms with van der Waals surface area (Å²) in [4.78, 5) is 14.8. The van der Waals surface area contributed by atoms with Gasteiger partial charge in [-0.2, -0.15) is 4.99 Å². The van der Waals surface area contributed by atoms with E-state index in [-0.39, 0.29) is 0 Å². The van der Waals surface area contributed by atoms with Gasteiger partial charge in [-0.15, -0.1) is 0 Å². The highest BCUT2D eigenvalue weighted by Gasteiger charge is 1.97. The quantitative estimate of drug-likeness (QED) is 0.339. The fraction of sp³-hybridized carbons (Fsp3) is 0.0909. The number of aliphatic imine (C=N–C) groups is 1. The van der Waals surface area contributed by atoms with Gasteiger partial charge in [-0.1, -0.05) is 18.2 Å². The zero-order chi connectivity index (χ0) is 11.1. The Balaban J connectivity index is 2.98. The molecule has 0 atom stereocenters. The number of hydrogen-bond donors (Lipinski definition) is 0. The van der Waals surface area contributed by atoms with Gasteiger partial charge in [-0.05, 0) is 24.4 Å². The Bertz CT molecular complexity index is 434. The molecular formula is C11H9NO2S. The lowest BCUT2D eigenvalue weighted by Crippen LogP contribution is -1.93. The Morgan fingerprint density at radius 3 is 2.93 bits per heavy atom. The van der Waals surface area contributed by atoms with E-state index in [1.54, 1.807) is 12.1 Å². The van der Waals surface area contributed by atoms with Crippen LogP contribution in [0, 0.1) is 0 Å². The Labute approximate surface area is 93.1 Å². The van der Waals surface area contributed by atoms with Gasteiger partial charge in [0.2, 0.25) is 0 Å². The van der Waals surface area contributed by atoms with Crippen LogP contribution in [0.5, 0.6) is 0 Å². The van der Waals surface area contributed by atoms with Crippen molar-refractivity contribution in [3.63, 3.8) is 0 Å². The SMILES string of the molecule is COC(=O)C=Cc1ccccc1N=C=S. The second-order valence-electron chi connectivity index (χ2n) is 2.62. The summed E-state index contributed by atoms with van der Waals surface area (Å²) < 4.78 is 4.48. The van der Waals surface area contributed by atoms with Crippen LogP contribution in [-0.4, -0.2) is 18.2 Å². The third-order valence-electron chi connectivity index (χ3n) is 1.70.